The molecule has 0 heterocycles. The summed E-state index contributed by atoms with van der Waals surface area (Å²) in [6.07, 6.45) is 1.44. The van der Waals surface area contributed by atoms with Gasteiger partial charge in [0.15, 0.2) is 0 Å². The maximum atomic E-state index is 14.2. The monoisotopic (exact) mass is 370 g/mol. The fourth-order valence-electron chi connectivity index (χ4n) is 2.93. The van der Waals surface area contributed by atoms with Gasteiger partial charge in [-0.25, -0.2) is 4.39 Å². The van der Waals surface area contributed by atoms with E-state index >= 15 is 0 Å². The minimum atomic E-state index is -0.689. The van der Waals surface area contributed by atoms with Gasteiger partial charge in [0.05, 0.1) is 0 Å². The van der Waals surface area contributed by atoms with Crippen molar-refractivity contribution >= 4 is 11.8 Å². The molecule has 0 unspecified atom stereocenters. The predicted octanol–water partition coefficient (Wildman–Crippen LogP) is 3.70. The number of hydrogen-bond acceptors (Lipinski definition) is 2. The van der Waals surface area contributed by atoms with Gasteiger partial charge in [0.2, 0.25) is 11.8 Å². The largest absolute Gasteiger partial charge is 0.354 e. The molecule has 0 saturated heterocycles. The number of carbonyl (C=O) groups is 2. The molecule has 2 amide bonds. The Balaban J connectivity index is 2.34. The highest BCUT2D eigenvalue weighted by Gasteiger charge is 2.29. The van der Waals surface area contributed by atoms with Crippen molar-refractivity contribution in [1.82, 2.24) is 10.2 Å². The molecule has 0 aliphatic heterocycles. The number of nitrogens with one attached hydrogen (secondary N) is 1. The zero-order valence-corrected chi connectivity index (χ0v) is 16.0. The topological polar surface area (TPSA) is 49.4 Å². The van der Waals surface area contributed by atoms with Crippen molar-refractivity contribution in [2.24, 2.45) is 0 Å². The van der Waals surface area contributed by atoms with E-state index in [1.165, 1.54) is 11.0 Å². The molecule has 27 heavy (non-hydrogen) atoms. The number of benzene rings is 2. The maximum absolute atomic E-state index is 14.2. The van der Waals surface area contributed by atoms with Crippen LogP contribution in [-0.4, -0.2) is 29.3 Å². The Hall–Kier alpha value is -2.69. The minimum Gasteiger partial charge on any atom is -0.354 e. The molecule has 0 aliphatic rings. The lowest BCUT2D eigenvalue weighted by Crippen LogP contribution is -2.50. The molecule has 2 aromatic rings. The molecule has 144 valence electrons. The fourth-order valence-corrected chi connectivity index (χ4v) is 2.93. The Morgan fingerprint density at radius 3 is 2.33 bits per heavy atom. The lowest BCUT2D eigenvalue weighted by Gasteiger charge is -2.31. The van der Waals surface area contributed by atoms with Crippen LogP contribution in [-0.2, 0) is 22.6 Å². The molecule has 0 aromatic heterocycles. The zero-order valence-electron chi connectivity index (χ0n) is 16.0. The Bertz CT molecular complexity index is 749. The number of halogens is 1. The summed E-state index contributed by atoms with van der Waals surface area (Å²) in [6.45, 7) is 4.33. The Morgan fingerprint density at radius 2 is 1.70 bits per heavy atom. The molecule has 0 aliphatic carbocycles. The van der Waals surface area contributed by atoms with Gasteiger partial charge < -0.3 is 10.2 Å². The van der Waals surface area contributed by atoms with E-state index in [-0.39, 0.29) is 30.6 Å². The molecule has 0 fully saturated rings. The van der Waals surface area contributed by atoms with Gasteiger partial charge in [-0.05, 0) is 18.1 Å². The number of hydrogen-bond donors (Lipinski definition) is 1. The fraction of sp³-hybridized carbons (Fsp3) is 0.364. The van der Waals surface area contributed by atoms with Crippen LogP contribution >= 0.6 is 0 Å². The highest BCUT2D eigenvalue weighted by atomic mass is 19.1. The Labute approximate surface area is 160 Å². The third kappa shape index (κ3) is 5.91. The summed E-state index contributed by atoms with van der Waals surface area (Å²) in [5.41, 5.74) is 1.36. The SMILES string of the molecule is CCCNC(=O)[C@@H](Cc1ccccc1)N(Cc1ccccc1F)C(=O)CC. The van der Waals surface area contributed by atoms with Crippen molar-refractivity contribution in [3.05, 3.63) is 71.5 Å². The zero-order chi connectivity index (χ0) is 19.6. The molecule has 2 rings (SSSR count). The van der Waals surface area contributed by atoms with Crippen LogP contribution in [0.3, 0.4) is 0 Å². The van der Waals surface area contributed by atoms with Crippen molar-refractivity contribution in [2.45, 2.75) is 45.7 Å². The summed E-state index contributed by atoms with van der Waals surface area (Å²) in [7, 11) is 0. The smallest absolute Gasteiger partial charge is 0.243 e. The molecule has 0 saturated carbocycles. The van der Waals surface area contributed by atoms with Crippen molar-refractivity contribution in [3.63, 3.8) is 0 Å². The Kier molecular flexibility index (Phi) is 7.99. The normalized spacial score (nSPS) is 11.7. The summed E-state index contributed by atoms with van der Waals surface area (Å²) < 4.78 is 14.2. The van der Waals surface area contributed by atoms with Crippen LogP contribution in [0.15, 0.2) is 54.6 Å². The molecular formula is C22H27FN2O2. The molecule has 1 atom stereocenters. The van der Waals surface area contributed by atoms with Gasteiger partial charge >= 0.3 is 0 Å². The standard InChI is InChI=1S/C22H27FN2O2/c1-3-14-24-22(27)20(15-17-10-6-5-7-11-17)25(21(26)4-2)16-18-12-8-9-13-19(18)23/h5-13,20H,3-4,14-16H2,1-2H3,(H,24,27)/t20-/m1/s1. The van der Waals surface area contributed by atoms with E-state index in [9.17, 15) is 14.0 Å². The molecule has 0 radical (unpaired) electrons. The van der Waals surface area contributed by atoms with Gasteiger partial charge in [0, 0.05) is 31.5 Å². The van der Waals surface area contributed by atoms with Crippen LogP contribution < -0.4 is 5.32 Å². The third-order valence-corrected chi connectivity index (χ3v) is 4.42. The van der Waals surface area contributed by atoms with Crippen molar-refractivity contribution in [3.8, 4) is 0 Å². The van der Waals surface area contributed by atoms with Gasteiger partial charge in [-0.1, -0.05) is 62.4 Å². The molecule has 0 bridgehead atoms. The second kappa shape index (κ2) is 10.5. The van der Waals surface area contributed by atoms with E-state index in [4.69, 9.17) is 0 Å². The molecule has 0 spiro atoms. The average Bonchev–Trinajstić information content (AvgIpc) is 2.70. The van der Waals surface area contributed by atoms with E-state index in [0.717, 1.165) is 12.0 Å². The summed E-state index contributed by atoms with van der Waals surface area (Å²) in [6, 6.07) is 15.2. The molecular weight excluding hydrogens is 343 g/mol. The second-order valence-electron chi connectivity index (χ2n) is 6.46. The number of amides is 2. The van der Waals surface area contributed by atoms with E-state index in [2.05, 4.69) is 5.32 Å². The van der Waals surface area contributed by atoms with Crippen molar-refractivity contribution in [2.75, 3.05) is 6.54 Å². The van der Waals surface area contributed by atoms with E-state index in [1.807, 2.05) is 37.3 Å². The first-order valence-corrected chi connectivity index (χ1v) is 9.41. The summed E-state index contributed by atoms with van der Waals surface area (Å²) in [5, 5.41) is 2.89. The Morgan fingerprint density at radius 1 is 1.04 bits per heavy atom. The summed E-state index contributed by atoms with van der Waals surface area (Å²) in [4.78, 5) is 27.0. The van der Waals surface area contributed by atoms with E-state index in [1.54, 1.807) is 25.1 Å². The van der Waals surface area contributed by atoms with Gasteiger partial charge in [0.25, 0.3) is 0 Å². The van der Waals surface area contributed by atoms with E-state index in [0.29, 0.717) is 18.5 Å². The van der Waals surface area contributed by atoms with Crippen LogP contribution in [0.25, 0.3) is 0 Å². The predicted molar refractivity (Wildman–Crippen MR) is 104 cm³/mol. The minimum absolute atomic E-state index is 0.0659. The first kappa shape index (κ1) is 20.6. The first-order chi connectivity index (χ1) is 13.1. The van der Waals surface area contributed by atoms with Gasteiger partial charge in [-0.2, -0.15) is 0 Å². The lowest BCUT2D eigenvalue weighted by atomic mass is 10.0. The third-order valence-electron chi connectivity index (χ3n) is 4.42. The highest BCUT2D eigenvalue weighted by Crippen LogP contribution is 2.17. The highest BCUT2D eigenvalue weighted by molar-refractivity contribution is 5.87. The van der Waals surface area contributed by atoms with Crippen LogP contribution in [0.1, 0.15) is 37.8 Å². The van der Waals surface area contributed by atoms with E-state index < -0.39 is 6.04 Å². The number of nitrogens with zero attached hydrogens (tertiary/aromatic N) is 1. The molecule has 5 heteroatoms. The number of carbonyl (C=O) groups excluding carboxylic acids is 2. The van der Waals surface area contributed by atoms with Crippen LogP contribution in [0.5, 0.6) is 0 Å². The average molecular weight is 370 g/mol. The number of rotatable bonds is 9. The lowest BCUT2D eigenvalue weighted by molar-refractivity contribution is -0.141. The second-order valence-corrected chi connectivity index (χ2v) is 6.46. The van der Waals surface area contributed by atoms with Gasteiger partial charge in [-0.15, -0.1) is 0 Å². The van der Waals surface area contributed by atoms with Crippen LogP contribution in [0.4, 0.5) is 4.39 Å². The van der Waals surface area contributed by atoms with Crippen LogP contribution in [0, 0.1) is 5.82 Å². The van der Waals surface area contributed by atoms with Gasteiger partial charge in [0.1, 0.15) is 11.9 Å². The maximum Gasteiger partial charge on any atom is 0.243 e. The molecule has 4 nitrogen and oxygen atoms in total. The van der Waals surface area contributed by atoms with Gasteiger partial charge in [-0.3, -0.25) is 9.59 Å². The molecule has 1 N–H and O–H groups in total. The first-order valence-electron chi connectivity index (χ1n) is 9.41. The van der Waals surface area contributed by atoms with Crippen molar-refractivity contribution in [1.29, 1.82) is 0 Å². The molecule has 2 aromatic carbocycles. The summed E-state index contributed by atoms with van der Waals surface area (Å²) in [5.74, 6) is -0.761. The van der Waals surface area contributed by atoms with Crippen molar-refractivity contribution < 1.29 is 14.0 Å². The quantitative estimate of drug-likeness (QED) is 0.732. The summed E-state index contributed by atoms with van der Waals surface area (Å²) >= 11 is 0. The van der Waals surface area contributed by atoms with Crippen LogP contribution in [0.2, 0.25) is 0 Å².